The summed E-state index contributed by atoms with van der Waals surface area (Å²) in [5, 5.41) is 8.40. The zero-order chi connectivity index (χ0) is 19.8. The number of amides is 2. The monoisotopic (exact) mass is 381 g/mol. The van der Waals surface area contributed by atoms with Gasteiger partial charge in [0.25, 0.3) is 11.8 Å². The summed E-state index contributed by atoms with van der Waals surface area (Å²) >= 11 is 0. The maximum Gasteiger partial charge on any atom is 0.289 e. The molecule has 1 aromatic heterocycles. The second kappa shape index (κ2) is 9.41. The molecule has 2 aromatic rings. The Morgan fingerprint density at radius 3 is 2.59 bits per heavy atom. The lowest BCUT2D eigenvalue weighted by molar-refractivity contribution is -0.126. The number of aryl methyl sites for hydroxylation is 1. The summed E-state index contributed by atoms with van der Waals surface area (Å²) in [6, 6.07) is 4.33. The average molecular weight is 381 g/mol. The first-order chi connectivity index (χ1) is 12.8. The van der Waals surface area contributed by atoms with Crippen LogP contribution in [0.25, 0.3) is 0 Å². The molecule has 0 saturated carbocycles. The smallest absolute Gasteiger partial charge is 0.289 e. The predicted octanol–water partition coefficient (Wildman–Crippen LogP) is 1.15. The van der Waals surface area contributed by atoms with Gasteiger partial charge in [-0.3, -0.25) is 14.4 Å². The van der Waals surface area contributed by atoms with E-state index in [1.54, 1.807) is 6.92 Å². The Balaban J connectivity index is 1.62. The van der Waals surface area contributed by atoms with E-state index in [4.69, 9.17) is 9.26 Å². The van der Waals surface area contributed by atoms with Crippen molar-refractivity contribution < 1.29 is 32.4 Å². The second-order valence-electron chi connectivity index (χ2n) is 5.52. The highest BCUT2D eigenvalue weighted by Crippen LogP contribution is 2.15. The number of halogens is 2. The van der Waals surface area contributed by atoms with Crippen LogP contribution in [0.2, 0.25) is 0 Å². The fraction of sp³-hybridized carbons (Fsp3) is 0.294. The molecule has 1 heterocycles. The number of hydrogen-bond donors (Lipinski definition) is 2. The Hall–Kier alpha value is -3.30. The maximum atomic E-state index is 13.0. The molecule has 2 rings (SSSR count). The van der Waals surface area contributed by atoms with Crippen LogP contribution in [0.15, 0.2) is 28.8 Å². The van der Waals surface area contributed by atoms with Gasteiger partial charge in [0, 0.05) is 25.1 Å². The summed E-state index contributed by atoms with van der Waals surface area (Å²) < 4.78 is 35.6. The third-order valence-electron chi connectivity index (χ3n) is 3.28. The van der Waals surface area contributed by atoms with E-state index in [1.807, 2.05) is 0 Å². The highest BCUT2D eigenvalue weighted by molar-refractivity contribution is 5.92. The molecule has 0 aliphatic heterocycles. The Morgan fingerprint density at radius 1 is 1.15 bits per heavy atom. The summed E-state index contributed by atoms with van der Waals surface area (Å²) in [5.74, 6) is -3.50. The van der Waals surface area contributed by atoms with Gasteiger partial charge in [-0.1, -0.05) is 5.16 Å². The minimum Gasteiger partial charge on any atom is -0.484 e. The van der Waals surface area contributed by atoms with Gasteiger partial charge >= 0.3 is 0 Å². The fourth-order valence-corrected chi connectivity index (χ4v) is 1.93. The molecule has 0 atom stereocenters. The number of nitrogens with one attached hydrogen (secondary N) is 2. The van der Waals surface area contributed by atoms with Crippen LogP contribution in [0.1, 0.15) is 22.7 Å². The molecule has 0 spiro atoms. The lowest BCUT2D eigenvalue weighted by Crippen LogP contribution is -2.35. The van der Waals surface area contributed by atoms with Crippen molar-refractivity contribution in [2.45, 2.75) is 13.3 Å². The van der Waals surface area contributed by atoms with E-state index in [0.717, 1.165) is 12.1 Å². The number of carbonyl (C=O) groups is 3. The van der Waals surface area contributed by atoms with Gasteiger partial charge in [-0.2, -0.15) is 0 Å². The van der Waals surface area contributed by atoms with Crippen molar-refractivity contribution >= 4 is 17.6 Å². The fourth-order valence-electron chi connectivity index (χ4n) is 1.93. The first-order valence-corrected chi connectivity index (χ1v) is 7.93. The van der Waals surface area contributed by atoms with Gasteiger partial charge in [0.2, 0.25) is 5.76 Å². The van der Waals surface area contributed by atoms with Gasteiger partial charge in [0.1, 0.15) is 5.75 Å². The van der Waals surface area contributed by atoms with Crippen LogP contribution < -0.4 is 15.4 Å². The van der Waals surface area contributed by atoms with Gasteiger partial charge in [-0.25, -0.2) is 8.78 Å². The molecule has 0 saturated heterocycles. The van der Waals surface area contributed by atoms with Crippen LogP contribution in [0.4, 0.5) is 8.78 Å². The second-order valence-corrected chi connectivity index (χ2v) is 5.52. The predicted molar refractivity (Wildman–Crippen MR) is 88.1 cm³/mol. The summed E-state index contributed by atoms with van der Waals surface area (Å²) in [5.41, 5.74) is 0.560. The molecule has 0 aliphatic rings. The maximum absolute atomic E-state index is 13.0. The Kier molecular flexibility index (Phi) is 6.98. The largest absolute Gasteiger partial charge is 0.484 e. The van der Waals surface area contributed by atoms with Crippen LogP contribution in [0.3, 0.4) is 0 Å². The van der Waals surface area contributed by atoms with Gasteiger partial charge < -0.3 is 19.9 Å². The van der Waals surface area contributed by atoms with Crippen molar-refractivity contribution in [3.05, 3.63) is 47.4 Å². The van der Waals surface area contributed by atoms with E-state index in [1.165, 1.54) is 12.1 Å². The van der Waals surface area contributed by atoms with E-state index in [-0.39, 0.29) is 36.8 Å². The van der Waals surface area contributed by atoms with Gasteiger partial charge in [0.05, 0.1) is 12.2 Å². The van der Waals surface area contributed by atoms with Crippen molar-refractivity contribution in [3.63, 3.8) is 0 Å². The third kappa shape index (κ3) is 6.49. The number of benzene rings is 1. The Labute approximate surface area is 152 Å². The zero-order valence-corrected chi connectivity index (χ0v) is 14.4. The van der Waals surface area contributed by atoms with E-state index in [2.05, 4.69) is 15.8 Å². The lowest BCUT2D eigenvalue weighted by Gasteiger charge is -2.07. The van der Waals surface area contributed by atoms with Crippen LogP contribution in [0, 0.1) is 18.6 Å². The van der Waals surface area contributed by atoms with Crippen LogP contribution in [-0.4, -0.2) is 42.5 Å². The minimum atomic E-state index is -1.09. The minimum absolute atomic E-state index is 0.00314. The van der Waals surface area contributed by atoms with Gasteiger partial charge in [-0.05, 0) is 19.1 Å². The average Bonchev–Trinajstić information content (AvgIpc) is 3.07. The molecule has 0 radical (unpaired) electrons. The zero-order valence-electron chi connectivity index (χ0n) is 14.4. The van der Waals surface area contributed by atoms with Crippen molar-refractivity contribution in [3.8, 4) is 5.75 Å². The number of ketones is 1. The SMILES string of the molecule is Cc1cc(C(=O)NCCC(=O)CNC(=O)COc2ccc(F)c(F)c2)on1. The van der Waals surface area contributed by atoms with Crippen LogP contribution in [0.5, 0.6) is 5.75 Å². The molecule has 144 valence electrons. The Bertz CT molecular complexity index is 838. The summed E-state index contributed by atoms with van der Waals surface area (Å²) in [6.07, 6.45) is 0.00314. The number of carbonyl (C=O) groups excluding carboxylic acids is 3. The molecule has 8 nitrogen and oxygen atoms in total. The summed E-state index contributed by atoms with van der Waals surface area (Å²) in [4.78, 5) is 35.0. The molecule has 2 amide bonds. The van der Waals surface area contributed by atoms with Crippen molar-refractivity contribution in [1.29, 1.82) is 0 Å². The van der Waals surface area contributed by atoms with E-state index < -0.39 is 30.1 Å². The quantitative estimate of drug-likeness (QED) is 0.674. The van der Waals surface area contributed by atoms with Crippen molar-refractivity contribution in [2.24, 2.45) is 0 Å². The van der Waals surface area contributed by atoms with Gasteiger partial charge in [0.15, 0.2) is 24.0 Å². The number of nitrogens with zero attached hydrogens (tertiary/aromatic N) is 1. The summed E-state index contributed by atoms with van der Waals surface area (Å²) in [7, 11) is 0. The molecule has 0 bridgehead atoms. The molecule has 27 heavy (non-hydrogen) atoms. The van der Waals surface area contributed by atoms with Crippen molar-refractivity contribution in [1.82, 2.24) is 15.8 Å². The molecule has 0 aliphatic carbocycles. The van der Waals surface area contributed by atoms with E-state index >= 15 is 0 Å². The molecule has 1 aromatic carbocycles. The first kappa shape index (κ1) is 20.0. The van der Waals surface area contributed by atoms with Crippen molar-refractivity contribution in [2.75, 3.05) is 19.7 Å². The Morgan fingerprint density at radius 2 is 1.93 bits per heavy atom. The first-order valence-electron chi connectivity index (χ1n) is 7.93. The molecule has 2 N–H and O–H groups in total. The van der Waals surface area contributed by atoms with Gasteiger partial charge in [-0.15, -0.1) is 0 Å². The highest BCUT2D eigenvalue weighted by Gasteiger charge is 2.12. The number of Topliss-reactive ketones (excluding diaryl/α,β-unsaturated/α-hetero) is 1. The topological polar surface area (TPSA) is 111 Å². The third-order valence-corrected chi connectivity index (χ3v) is 3.28. The van der Waals surface area contributed by atoms with Crippen LogP contribution in [-0.2, 0) is 9.59 Å². The number of aromatic nitrogens is 1. The molecular weight excluding hydrogens is 364 g/mol. The number of rotatable bonds is 9. The lowest BCUT2D eigenvalue weighted by atomic mass is 10.2. The molecule has 0 unspecified atom stereocenters. The van der Waals surface area contributed by atoms with E-state index in [0.29, 0.717) is 5.69 Å². The number of ether oxygens (including phenoxy) is 1. The normalized spacial score (nSPS) is 10.3. The molecular formula is C17H17F2N3O5. The summed E-state index contributed by atoms with van der Waals surface area (Å²) in [6.45, 7) is 1.03. The van der Waals surface area contributed by atoms with Crippen LogP contribution >= 0.6 is 0 Å². The number of hydrogen-bond acceptors (Lipinski definition) is 6. The molecule has 10 heteroatoms. The van der Waals surface area contributed by atoms with E-state index in [9.17, 15) is 23.2 Å². The molecule has 0 fully saturated rings. The highest BCUT2D eigenvalue weighted by atomic mass is 19.2. The standard InChI is InChI=1S/C17H17F2N3O5/c1-10-6-15(27-22-10)17(25)20-5-4-11(23)8-21-16(24)9-26-12-2-3-13(18)14(19)7-12/h2-3,6-7H,4-5,8-9H2,1H3,(H,20,25)(H,21,24).